The van der Waals surface area contributed by atoms with Gasteiger partial charge < -0.3 is 30.1 Å². The number of hydrogen-bond acceptors (Lipinski definition) is 7. The first-order chi connectivity index (χ1) is 18.4. The zero-order valence-electron chi connectivity index (χ0n) is 20.8. The molecular weight excluding hydrogens is 486 g/mol. The second kappa shape index (κ2) is 10.8. The van der Waals surface area contributed by atoms with Crippen molar-refractivity contribution in [3.8, 4) is 5.75 Å². The third-order valence-electron chi connectivity index (χ3n) is 6.57. The summed E-state index contributed by atoms with van der Waals surface area (Å²) in [6.07, 6.45) is -0.0326. The highest BCUT2D eigenvalue weighted by Crippen LogP contribution is 2.39. The van der Waals surface area contributed by atoms with Crippen molar-refractivity contribution in [2.75, 3.05) is 30.8 Å². The number of nitrogens with one attached hydrogen (secondary N) is 2. The summed E-state index contributed by atoms with van der Waals surface area (Å²) in [6, 6.07) is 21.4. The number of fused-ring (bicyclic) bond motifs is 1. The molecule has 1 saturated heterocycles. The van der Waals surface area contributed by atoms with Crippen molar-refractivity contribution in [1.29, 1.82) is 0 Å². The fourth-order valence-electron chi connectivity index (χ4n) is 4.58. The van der Waals surface area contributed by atoms with Crippen molar-refractivity contribution in [2.24, 2.45) is 0 Å². The molecule has 2 heterocycles. The largest absolute Gasteiger partial charge is 0.513 e. The molecule has 194 valence electrons. The number of carbonyl (C=O) groups is 3. The quantitative estimate of drug-likeness (QED) is 0.264. The summed E-state index contributed by atoms with van der Waals surface area (Å²) in [7, 11) is 1.22. The molecular formula is C29H27N3O6. The Morgan fingerprint density at radius 2 is 1.68 bits per heavy atom. The Kier molecular flexibility index (Phi) is 7.10. The summed E-state index contributed by atoms with van der Waals surface area (Å²) < 4.78 is 9.63. The highest BCUT2D eigenvalue weighted by Gasteiger charge is 2.29. The number of hydrogen-bond donors (Lipinski definition) is 3. The van der Waals surface area contributed by atoms with Crippen LogP contribution in [0, 0.1) is 0 Å². The fraction of sp³-hybridized carbons (Fsp3) is 0.207. The SMILES string of the molecule is COC(=O)Oc1ccc2c(c1)NC(=O)/C2=C(\Nc1ccc(C(=O)N2CCC(O)CC2)cc1)c1ccccc1. The van der Waals surface area contributed by atoms with Gasteiger partial charge in [-0.05, 0) is 54.8 Å². The van der Waals surface area contributed by atoms with Crippen molar-refractivity contribution in [3.05, 3.63) is 89.5 Å². The Balaban J connectivity index is 1.45. The van der Waals surface area contributed by atoms with E-state index >= 15 is 0 Å². The van der Waals surface area contributed by atoms with Crippen LogP contribution in [0.2, 0.25) is 0 Å². The highest BCUT2D eigenvalue weighted by atomic mass is 16.7. The number of carbonyl (C=O) groups excluding carboxylic acids is 3. The predicted molar refractivity (Wildman–Crippen MR) is 143 cm³/mol. The first-order valence-electron chi connectivity index (χ1n) is 12.3. The maximum Gasteiger partial charge on any atom is 0.513 e. The third-order valence-corrected chi connectivity index (χ3v) is 6.57. The van der Waals surface area contributed by atoms with E-state index in [1.807, 2.05) is 30.3 Å². The molecule has 0 atom stereocenters. The molecule has 38 heavy (non-hydrogen) atoms. The van der Waals surface area contributed by atoms with E-state index < -0.39 is 6.16 Å². The van der Waals surface area contributed by atoms with Gasteiger partial charge in [0.15, 0.2) is 0 Å². The summed E-state index contributed by atoms with van der Waals surface area (Å²) in [5.74, 6) is -0.130. The van der Waals surface area contributed by atoms with Crippen LogP contribution in [-0.4, -0.2) is 54.3 Å². The van der Waals surface area contributed by atoms with Gasteiger partial charge in [0.1, 0.15) is 5.75 Å². The van der Waals surface area contributed by atoms with Gasteiger partial charge in [-0.1, -0.05) is 30.3 Å². The van der Waals surface area contributed by atoms with E-state index in [0.29, 0.717) is 59.7 Å². The minimum Gasteiger partial charge on any atom is -0.437 e. The number of amides is 2. The Morgan fingerprint density at radius 3 is 2.37 bits per heavy atom. The van der Waals surface area contributed by atoms with Gasteiger partial charge in [-0.3, -0.25) is 9.59 Å². The van der Waals surface area contributed by atoms with E-state index in [4.69, 9.17) is 4.74 Å². The fourth-order valence-corrected chi connectivity index (χ4v) is 4.58. The number of likely N-dealkylation sites (tertiary alicyclic amines) is 1. The molecule has 0 saturated carbocycles. The van der Waals surface area contributed by atoms with Crippen LogP contribution in [-0.2, 0) is 9.53 Å². The Labute approximate surface area is 219 Å². The summed E-state index contributed by atoms with van der Waals surface area (Å²) >= 11 is 0. The number of aliphatic hydroxyl groups excluding tert-OH is 1. The van der Waals surface area contributed by atoms with E-state index in [0.717, 1.165) is 5.56 Å². The molecule has 5 rings (SSSR count). The molecule has 0 aromatic heterocycles. The molecule has 1 fully saturated rings. The standard InChI is InChI=1S/C29H27N3O6/c1-37-29(36)38-22-11-12-23-24(17-22)31-27(34)25(23)26(18-5-3-2-4-6-18)30-20-9-7-19(8-10-20)28(35)32-15-13-21(33)14-16-32/h2-12,17,21,30,33H,13-16H2,1H3,(H,31,34)/b26-25-. The molecule has 0 spiro atoms. The average Bonchev–Trinajstić information content (AvgIpc) is 3.27. The number of rotatable bonds is 5. The summed E-state index contributed by atoms with van der Waals surface area (Å²) in [4.78, 5) is 39.3. The van der Waals surface area contributed by atoms with E-state index in [1.165, 1.54) is 7.11 Å². The number of ether oxygens (including phenoxy) is 2. The lowest BCUT2D eigenvalue weighted by molar-refractivity contribution is -0.110. The molecule has 3 aromatic rings. The topological polar surface area (TPSA) is 117 Å². The zero-order valence-corrected chi connectivity index (χ0v) is 20.8. The maximum atomic E-state index is 13.2. The van der Waals surface area contributed by atoms with Gasteiger partial charge in [-0.2, -0.15) is 0 Å². The van der Waals surface area contributed by atoms with Crippen LogP contribution in [0.1, 0.15) is 34.3 Å². The molecule has 0 bridgehead atoms. The Hall–Kier alpha value is -4.63. The molecule has 2 amide bonds. The molecule has 0 radical (unpaired) electrons. The number of nitrogens with zero attached hydrogens (tertiary/aromatic N) is 1. The molecule has 3 aromatic carbocycles. The van der Waals surface area contributed by atoms with Crippen molar-refractivity contribution in [3.63, 3.8) is 0 Å². The Bertz CT molecular complexity index is 1390. The monoisotopic (exact) mass is 513 g/mol. The molecule has 9 heteroatoms. The summed E-state index contributed by atoms with van der Waals surface area (Å²) in [6.45, 7) is 1.07. The third kappa shape index (κ3) is 5.23. The first kappa shape index (κ1) is 25.0. The average molecular weight is 514 g/mol. The number of piperidine rings is 1. The van der Waals surface area contributed by atoms with Crippen LogP contribution >= 0.6 is 0 Å². The van der Waals surface area contributed by atoms with Crippen molar-refractivity contribution < 1.29 is 29.0 Å². The second-order valence-electron chi connectivity index (χ2n) is 9.06. The molecule has 2 aliphatic rings. The highest BCUT2D eigenvalue weighted by molar-refractivity contribution is 6.37. The Morgan fingerprint density at radius 1 is 0.974 bits per heavy atom. The molecule has 2 aliphatic heterocycles. The minimum absolute atomic E-state index is 0.0702. The van der Waals surface area contributed by atoms with Gasteiger partial charge in [0, 0.05) is 36.0 Å². The molecule has 9 nitrogen and oxygen atoms in total. The minimum atomic E-state index is -0.850. The summed E-state index contributed by atoms with van der Waals surface area (Å²) in [5.41, 5.74) is 4.24. The molecule has 3 N–H and O–H groups in total. The number of anilines is 2. The maximum absolute atomic E-state index is 13.2. The van der Waals surface area contributed by atoms with E-state index in [1.54, 1.807) is 47.4 Å². The van der Waals surface area contributed by atoms with Gasteiger partial charge in [-0.15, -0.1) is 0 Å². The van der Waals surface area contributed by atoms with Gasteiger partial charge in [0.25, 0.3) is 11.8 Å². The molecule has 0 aliphatic carbocycles. The van der Waals surface area contributed by atoms with Crippen molar-refractivity contribution >= 4 is 40.6 Å². The van der Waals surface area contributed by atoms with Gasteiger partial charge >= 0.3 is 6.16 Å². The number of aliphatic hydroxyl groups is 1. The van der Waals surface area contributed by atoms with Gasteiger partial charge in [-0.25, -0.2) is 4.79 Å². The van der Waals surface area contributed by atoms with E-state index in [2.05, 4.69) is 15.4 Å². The van der Waals surface area contributed by atoms with Crippen molar-refractivity contribution in [2.45, 2.75) is 18.9 Å². The van der Waals surface area contributed by atoms with Crippen LogP contribution in [0.25, 0.3) is 11.3 Å². The van der Waals surface area contributed by atoms with Crippen LogP contribution in [0.4, 0.5) is 16.2 Å². The molecule has 0 unspecified atom stereocenters. The van der Waals surface area contributed by atoms with Crippen LogP contribution in [0.15, 0.2) is 72.8 Å². The normalized spacial score (nSPS) is 16.4. The first-order valence-corrected chi connectivity index (χ1v) is 12.3. The van der Waals surface area contributed by atoms with Crippen LogP contribution in [0.3, 0.4) is 0 Å². The predicted octanol–water partition coefficient (Wildman–Crippen LogP) is 4.36. The number of methoxy groups -OCH3 is 1. The van der Waals surface area contributed by atoms with Crippen LogP contribution < -0.4 is 15.4 Å². The second-order valence-corrected chi connectivity index (χ2v) is 9.06. The lowest BCUT2D eigenvalue weighted by Gasteiger charge is -2.29. The van der Waals surface area contributed by atoms with Gasteiger partial charge in [0.05, 0.1) is 30.2 Å². The zero-order chi connectivity index (χ0) is 26.6. The van der Waals surface area contributed by atoms with E-state index in [9.17, 15) is 19.5 Å². The van der Waals surface area contributed by atoms with Crippen LogP contribution in [0.5, 0.6) is 5.75 Å². The number of benzene rings is 3. The lowest BCUT2D eigenvalue weighted by atomic mass is 9.99. The smallest absolute Gasteiger partial charge is 0.437 e. The van der Waals surface area contributed by atoms with Crippen molar-refractivity contribution in [1.82, 2.24) is 4.90 Å². The van der Waals surface area contributed by atoms with E-state index in [-0.39, 0.29) is 23.7 Å². The lowest BCUT2D eigenvalue weighted by Crippen LogP contribution is -2.40. The summed E-state index contributed by atoms with van der Waals surface area (Å²) in [5, 5.41) is 15.9. The van der Waals surface area contributed by atoms with Gasteiger partial charge in [0.2, 0.25) is 0 Å².